The first-order chi connectivity index (χ1) is 8.71. The molecule has 0 aliphatic carbocycles. The van der Waals surface area contributed by atoms with Gasteiger partial charge >= 0.3 is 0 Å². The molecular weight excluding hydrogens is 224 g/mol. The topological polar surface area (TPSA) is 74.7 Å². The van der Waals surface area contributed by atoms with Crippen LogP contribution in [-0.4, -0.2) is 4.98 Å². The fraction of sp³-hybridized carbons (Fsp3) is 0.286. The van der Waals surface area contributed by atoms with Crippen LogP contribution in [0.1, 0.15) is 37.3 Å². The molecule has 92 valence electrons. The van der Waals surface area contributed by atoms with Crippen LogP contribution in [0.2, 0.25) is 0 Å². The van der Waals surface area contributed by atoms with Crippen molar-refractivity contribution in [3.63, 3.8) is 0 Å². The lowest BCUT2D eigenvalue weighted by Crippen LogP contribution is -2.09. The van der Waals surface area contributed by atoms with E-state index < -0.39 is 0 Å². The van der Waals surface area contributed by atoms with Gasteiger partial charge in [0.05, 0.1) is 16.8 Å². The molecular formula is C14H16N4. The van der Waals surface area contributed by atoms with Crippen LogP contribution >= 0.6 is 0 Å². The molecule has 0 saturated heterocycles. The van der Waals surface area contributed by atoms with E-state index >= 15 is 0 Å². The van der Waals surface area contributed by atoms with E-state index in [0.29, 0.717) is 17.2 Å². The molecule has 0 aliphatic rings. The summed E-state index contributed by atoms with van der Waals surface area (Å²) in [5.74, 6) is 6.00. The molecule has 0 spiro atoms. The van der Waals surface area contributed by atoms with Crippen LogP contribution < -0.4 is 11.3 Å². The summed E-state index contributed by atoms with van der Waals surface area (Å²) in [4.78, 5) is 4.27. The maximum absolute atomic E-state index is 9.05. The standard InChI is InChI=1S/C14H16N4/c1-3-9(2)10-4-5-13-12(6-10)14(18-16)11(7-15)8-17-13/h4-6,8-9H,3,16H2,1-2H3,(H,17,18). The van der Waals surface area contributed by atoms with Gasteiger partial charge in [0.15, 0.2) is 0 Å². The zero-order valence-corrected chi connectivity index (χ0v) is 10.6. The Morgan fingerprint density at radius 1 is 1.50 bits per heavy atom. The van der Waals surface area contributed by atoms with Crippen LogP contribution in [0.3, 0.4) is 0 Å². The second kappa shape index (κ2) is 5.03. The molecule has 4 nitrogen and oxygen atoms in total. The van der Waals surface area contributed by atoms with Gasteiger partial charge in [0, 0.05) is 11.6 Å². The average molecular weight is 240 g/mol. The van der Waals surface area contributed by atoms with Crippen molar-refractivity contribution < 1.29 is 0 Å². The molecule has 0 saturated carbocycles. The number of fused-ring (bicyclic) bond motifs is 1. The van der Waals surface area contributed by atoms with E-state index in [-0.39, 0.29) is 0 Å². The number of hydrogen-bond acceptors (Lipinski definition) is 4. The Labute approximate surface area is 106 Å². The third kappa shape index (κ3) is 2.01. The van der Waals surface area contributed by atoms with Crippen molar-refractivity contribution in [1.82, 2.24) is 4.98 Å². The van der Waals surface area contributed by atoms with E-state index in [9.17, 15) is 0 Å². The SMILES string of the molecule is CCC(C)c1ccc2ncc(C#N)c(NN)c2c1. The maximum atomic E-state index is 9.05. The quantitative estimate of drug-likeness (QED) is 0.639. The number of nitrogen functional groups attached to an aromatic ring is 1. The lowest BCUT2D eigenvalue weighted by molar-refractivity contribution is 0.734. The number of aromatic nitrogens is 1. The van der Waals surface area contributed by atoms with Crippen LogP contribution in [0.4, 0.5) is 5.69 Å². The summed E-state index contributed by atoms with van der Waals surface area (Å²) in [5.41, 5.74) is 5.80. The number of benzene rings is 1. The van der Waals surface area contributed by atoms with E-state index in [0.717, 1.165) is 17.3 Å². The molecule has 3 N–H and O–H groups in total. The Morgan fingerprint density at radius 2 is 2.28 bits per heavy atom. The van der Waals surface area contributed by atoms with Crippen molar-refractivity contribution in [2.24, 2.45) is 5.84 Å². The highest BCUT2D eigenvalue weighted by molar-refractivity contribution is 5.94. The monoisotopic (exact) mass is 240 g/mol. The number of nitrogens with one attached hydrogen (secondary N) is 1. The summed E-state index contributed by atoms with van der Waals surface area (Å²) < 4.78 is 0. The van der Waals surface area contributed by atoms with Gasteiger partial charge < -0.3 is 5.43 Å². The van der Waals surface area contributed by atoms with Gasteiger partial charge in [-0.15, -0.1) is 0 Å². The van der Waals surface area contributed by atoms with Gasteiger partial charge in [0.25, 0.3) is 0 Å². The lowest BCUT2D eigenvalue weighted by Gasteiger charge is -2.12. The van der Waals surface area contributed by atoms with Gasteiger partial charge in [-0.2, -0.15) is 5.26 Å². The number of hydrogen-bond donors (Lipinski definition) is 2. The van der Waals surface area contributed by atoms with Gasteiger partial charge in [0.1, 0.15) is 6.07 Å². The van der Waals surface area contributed by atoms with E-state index in [1.165, 1.54) is 5.56 Å². The number of nitrogens with zero attached hydrogens (tertiary/aromatic N) is 2. The van der Waals surface area contributed by atoms with Crippen molar-refractivity contribution in [2.75, 3.05) is 5.43 Å². The number of hydrazine groups is 1. The van der Waals surface area contributed by atoms with Crippen LogP contribution in [0, 0.1) is 11.3 Å². The van der Waals surface area contributed by atoms with Crippen molar-refractivity contribution in [1.29, 1.82) is 5.26 Å². The van der Waals surface area contributed by atoms with Gasteiger partial charge in [-0.3, -0.25) is 10.8 Å². The molecule has 0 aliphatic heterocycles. The molecule has 0 amide bonds. The molecule has 18 heavy (non-hydrogen) atoms. The largest absolute Gasteiger partial charge is 0.322 e. The second-order valence-corrected chi connectivity index (χ2v) is 4.39. The molecule has 2 aromatic rings. The summed E-state index contributed by atoms with van der Waals surface area (Å²) in [5, 5.41) is 9.95. The molecule has 4 heteroatoms. The highest BCUT2D eigenvalue weighted by Gasteiger charge is 2.10. The average Bonchev–Trinajstić information content (AvgIpc) is 2.44. The molecule has 0 bridgehead atoms. The zero-order chi connectivity index (χ0) is 13.1. The Hall–Kier alpha value is -2.12. The van der Waals surface area contributed by atoms with Crippen molar-refractivity contribution in [3.05, 3.63) is 35.5 Å². The summed E-state index contributed by atoms with van der Waals surface area (Å²) in [6, 6.07) is 8.21. The fourth-order valence-electron chi connectivity index (χ4n) is 1.99. The Balaban J connectivity index is 2.70. The second-order valence-electron chi connectivity index (χ2n) is 4.39. The Morgan fingerprint density at radius 3 is 2.89 bits per heavy atom. The summed E-state index contributed by atoms with van der Waals surface area (Å²) in [7, 11) is 0. The van der Waals surface area contributed by atoms with E-state index in [4.69, 9.17) is 11.1 Å². The number of rotatable bonds is 3. The van der Waals surface area contributed by atoms with Crippen LogP contribution in [-0.2, 0) is 0 Å². The highest BCUT2D eigenvalue weighted by Crippen LogP contribution is 2.29. The minimum absolute atomic E-state index is 0.464. The van der Waals surface area contributed by atoms with Gasteiger partial charge in [0.2, 0.25) is 0 Å². The fourth-order valence-corrected chi connectivity index (χ4v) is 1.99. The van der Waals surface area contributed by atoms with Gasteiger partial charge in [-0.1, -0.05) is 19.9 Å². The molecule has 1 atom stereocenters. The maximum Gasteiger partial charge on any atom is 0.103 e. The van der Waals surface area contributed by atoms with Crippen molar-refractivity contribution in [3.8, 4) is 6.07 Å². The number of nitrogens with two attached hydrogens (primary N) is 1. The number of nitriles is 1. The van der Waals surface area contributed by atoms with E-state index in [2.05, 4.69) is 42.5 Å². The van der Waals surface area contributed by atoms with Crippen molar-refractivity contribution in [2.45, 2.75) is 26.2 Å². The van der Waals surface area contributed by atoms with Crippen molar-refractivity contribution >= 4 is 16.6 Å². The molecule has 0 fully saturated rings. The number of anilines is 1. The number of pyridine rings is 1. The van der Waals surface area contributed by atoms with Gasteiger partial charge in [-0.25, -0.2) is 0 Å². The first-order valence-corrected chi connectivity index (χ1v) is 6.00. The normalized spacial score (nSPS) is 12.1. The van der Waals surface area contributed by atoms with Crippen LogP contribution in [0.15, 0.2) is 24.4 Å². The predicted molar refractivity (Wildman–Crippen MR) is 73.0 cm³/mol. The smallest absolute Gasteiger partial charge is 0.103 e. The van der Waals surface area contributed by atoms with E-state index in [1.54, 1.807) is 6.20 Å². The van der Waals surface area contributed by atoms with E-state index in [1.807, 2.05) is 6.07 Å². The predicted octanol–water partition coefficient (Wildman–Crippen LogP) is 2.91. The summed E-state index contributed by atoms with van der Waals surface area (Å²) in [6.07, 6.45) is 2.61. The summed E-state index contributed by atoms with van der Waals surface area (Å²) in [6.45, 7) is 4.33. The molecule has 1 unspecified atom stereocenters. The first-order valence-electron chi connectivity index (χ1n) is 6.00. The molecule has 1 aromatic carbocycles. The van der Waals surface area contributed by atoms with Crippen LogP contribution in [0.25, 0.3) is 10.9 Å². The molecule has 1 aromatic heterocycles. The minimum Gasteiger partial charge on any atom is -0.322 e. The van der Waals surface area contributed by atoms with Gasteiger partial charge in [-0.05, 0) is 30.0 Å². The van der Waals surface area contributed by atoms with Crippen LogP contribution in [0.5, 0.6) is 0 Å². The molecule has 1 heterocycles. The Bertz CT molecular complexity index is 613. The molecule has 2 rings (SSSR count). The zero-order valence-electron chi connectivity index (χ0n) is 10.6. The third-order valence-corrected chi connectivity index (χ3v) is 3.34. The molecule has 0 radical (unpaired) electrons. The lowest BCUT2D eigenvalue weighted by atomic mass is 9.96. The highest BCUT2D eigenvalue weighted by atomic mass is 15.2. The first kappa shape index (κ1) is 12.3. The summed E-state index contributed by atoms with van der Waals surface area (Å²) >= 11 is 0. The minimum atomic E-state index is 0.464. The Kier molecular flexibility index (Phi) is 3.45. The third-order valence-electron chi connectivity index (χ3n) is 3.34.